The van der Waals surface area contributed by atoms with Crippen molar-refractivity contribution in [2.24, 2.45) is 0 Å². The molecular formula is C22H29N3O5. The number of ether oxygens (including phenoxy) is 2. The molecule has 3 aliphatic rings. The van der Waals surface area contributed by atoms with Gasteiger partial charge in [0.1, 0.15) is 17.4 Å². The van der Waals surface area contributed by atoms with Gasteiger partial charge < -0.3 is 19.7 Å². The highest BCUT2D eigenvalue weighted by Crippen LogP contribution is 2.35. The normalized spacial score (nSPS) is 23.0. The predicted octanol–water partition coefficient (Wildman–Crippen LogP) is 2.07. The fourth-order valence-corrected chi connectivity index (χ4v) is 4.42. The largest absolute Gasteiger partial charge is 0.485 e. The molecule has 8 nitrogen and oxygen atoms in total. The average Bonchev–Trinajstić information content (AvgIpc) is 2.92. The van der Waals surface area contributed by atoms with Crippen molar-refractivity contribution in [2.45, 2.75) is 57.2 Å². The van der Waals surface area contributed by atoms with E-state index in [-0.39, 0.29) is 24.3 Å². The molecule has 1 atom stereocenters. The number of benzene rings is 1. The van der Waals surface area contributed by atoms with Crippen molar-refractivity contribution < 1.29 is 23.9 Å². The van der Waals surface area contributed by atoms with Crippen LogP contribution in [-0.2, 0) is 20.9 Å². The van der Waals surface area contributed by atoms with Gasteiger partial charge in [-0.05, 0) is 18.9 Å². The topological polar surface area (TPSA) is 88.2 Å². The Morgan fingerprint density at radius 3 is 2.77 bits per heavy atom. The van der Waals surface area contributed by atoms with Crippen LogP contribution in [0.2, 0.25) is 0 Å². The molecule has 1 aromatic carbocycles. The van der Waals surface area contributed by atoms with Crippen molar-refractivity contribution in [3.05, 3.63) is 29.8 Å². The Balaban J connectivity index is 1.45. The number of amides is 4. The van der Waals surface area contributed by atoms with Gasteiger partial charge in [0, 0.05) is 37.9 Å². The van der Waals surface area contributed by atoms with Crippen molar-refractivity contribution in [2.75, 3.05) is 26.3 Å². The first-order valence-electron chi connectivity index (χ1n) is 10.8. The minimum atomic E-state index is -0.624. The number of urea groups is 1. The summed E-state index contributed by atoms with van der Waals surface area (Å²) >= 11 is 0. The lowest BCUT2D eigenvalue weighted by atomic mass is 9.93. The van der Waals surface area contributed by atoms with Crippen LogP contribution in [0.4, 0.5) is 4.79 Å². The van der Waals surface area contributed by atoms with Gasteiger partial charge >= 0.3 is 6.03 Å². The van der Waals surface area contributed by atoms with Crippen LogP contribution in [0, 0.1) is 0 Å². The number of carbonyl (C=O) groups is 3. The molecule has 8 heteroatoms. The third-order valence-corrected chi connectivity index (χ3v) is 6.10. The van der Waals surface area contributed by atoms with Crippen molar-refractivity contribution in [3.8, 4) is 5.75 Å². The summed E-state index contributed by atoms with van der Waals surface area (Å²) in [6, 6.07) is 6.84. The number of carbonyl (C=O) groups excluding carboxylic acids is 3. The third-order valence-electron chi connectivity index (χ3n) is 6.10. The van der Waals surface area contributed by atoms with Gasteiger partial charge in [0.15, 0.2) is 0 Å². The molecule has 1 unspecified atom stereocenters. The minimum Gasteiger partial charge on any atom is -0.485 e. The van der Waals surface area contributed by atoms with Crippen molar-refractivity contribution in [3.63, 3.8) is 0 Å². The molecule has 3 aliphatic heterocycles. The maximum atomic E-state index is 13.1. The summed E-state index contributed by atoms with van der Waals surface area (Å²) in [5, 5.41) is 2.71. The van der Waals surface area contributed by atoms with E-state index in [9.17, 15) is 14.4 Å². The standard InChI is InChI=1S/C22H29N3O5/c1-2-11-25-20(27)17(23-21(25)28)7-8-19(26)24-14-16-5-3-4-6-18(16)30-22(15-24)9-12-29-13-10-22/h3-6,17H,2,7-15H2,1H3,(H,23,28). The number of nitrogens with zero attached hydrogens (tertiary/aromatic N) is 2. The second kappa shape index (κ2) is 8.63. The van der Waals surface area contributed by atoms with E-state index in [1.165, 1.54) is 4.90 Å². The lowest BCUT2D eigenvalue weighted by molar-refractivity contribution is -0.137. The van der Waals surface area contributed by atoms with E-state index in [0.717, 1.165) is 24.2 Å². The van der Waals surface area contributed by atoms with Crippen molar-refractivity contribution in [1.82, 2.24) is 15.1 Å². The zero-order valence-corrected chi connectivity index (χ0v) is 17.4. The van der Waals surface area contributed by atoms with E-state index < -0.39 is 11.6 Å². The summed E-state index contributed by atoms with van der Waals surface area (Å²) in [6.07, 6.45) is 2.68. The molecule has 2 fully saturated rings. The number of rotatable bonds is 5. The molecule has 3 heterocycles. The SMILES string of the molecule is CCCN1C(=O)NC(CCC(=O)N2Cc3ccccc3OC3(CCOCC3)C2)C1=O. The highest BCUT2D eigenvalue weighted by molar-refractivity contribution is 6.04. The Labute approximate surface area is 176 Å². The van der Waals surface area contributed by atoms with E-state index in [1.54, 1.807) is 0 Å². The minimum absolute atomic E-state index is 0.0304. The second-order valence-corrected chi connectivity index (χ2v) is 8.29. The van der Waals surface area contributed by atoms with Crippen molar-refractivity contribution >= 4 is 17.8 Å². The fourth-order valence-electron chi connectivity index (χ4n) is 4.42. The van der Waals surface area contributed by atoms with E-state index in [4.69, 9.17) is 9.47 Å². The van der Waals surface area contributed by atoms with Gasteiger partial charge in [0.25, 0.3) is 5.91 Å². The van der Waals surface area contributed by atoms with Crippen LogP contribution in [-0.4, -0.2) is 65.6 Å². The summed E-state index contributed by atoms with van der Waals surface area (Å²) in [5.74, 6) is 0.556. The second-order valence-electron chi connectivity index (χ2n) is 8.29. The Hall–Kier alpha value is -2.61. The molecule has 0 bridgehead atoms. The Morgan fingerprint density at radius 1 is 1.23 bits per heavy atom. The van der Waals surface area contributed by atoms with Gasteiger partial charge in [-0.3, -0.25) is 14.5 Å². The fraction of sp³-hybridized carbons (Fsp3) is 0.591. The van der Waals surface area contributed by atoms with Crippen LogP contribution in [0.3, 0.4) is 0 Å². The summed E-state index contributed by atoms with van der Waals surface area (Å²) in [7, 11) is 0. The number of hydrogen-bond acceptors (Lipinski definition) is 5. The van der Waals surface area contributed by atoms with Gasteiger partial charge in [-0.15, -0.1) is 0 Å². The summed E-state index contributed by atoms with van der Waals surface area (Å²) in [6.45, 7) is 4.52. The summed E-state index contributed by atoms with van der Waals surface area (Å²) < 4.78 is 11.9. The molecule has 2 saturated heterocycles. The molecule has 1 spiro atoms. The van der Waals surface area contributed by atoms with Crippen molar-refractivity contribution in [1.29, 1.82) is 0 Å². The lowest BCUT2D eigenvalue weighted by Crippen LogP contribution is -2.51. The van der Waals surface area contributed by atoms with Gasteiger partial charge in [0.2, 0.25) is 5.91 Å². The quantitative estimate of drug-likeness (QED) is 0.744. The Kier molecular flexibility index (Phi) is 5.94. The number of nitrogens with one attached hydrogen (secondary N) is 1. The zero-order chi connectivity index (χ0) is 21.1. The molecule has 0 radical (unpaired) electrons. The average molecular weight is 415 g/mol. The van der Waals surface area contributed by atoms with Gasteiger partial charge in [-0.25, -0.2) is 4.79 Å². The van der Waals surface area contributed by atoms with E-state index in [0.29, 0.717) is 45.7 Å². The maximum Gasteiger partial charge on any atom is 0.324 e. The first-order chi connectivity index (χ1) is 14.5. The van der Waals surface area contributed by atoms with E-state index >= 15 is 0 Å². The molecule has 0 aliphatic carbocycles. The molecule has 4 rings (SSSR count). The molecule has 162 valence electrons. The zero-order valence-electron chi connectivity index (χ0n) is 17.4. The molecule has 4 amide bonds. The molecule has 0 saturated carbocycles. The summed E-state index contributed by atoms with van der Waals surface area (Å²) in [4.78, 5) is 40.6. The van der Waals surface area contributed by atoms with Crippen LogP contribution in [0.25, 0.3) is 0 Å². The highest BCUT2D eigenvalue weighted by atomic mass is 16.5. The first-order valence-corrected chi connectivity index (χ1v) is 10.8. The highest BCUT2D eigenvalue weighted by Gasteiger charge is 2.41. The summed E-state index contributed by atoms with van der Waals surface area (Å²) in [5.41, 5.74) is 0.532. The van der Waals surface area contributed by atoms with Crippen LogP contribution < -0.4 is 10.1 Å². The smallest absolute Gasteiger partial charge is 0.324 e. The monoisotopic (exact) mass is 415 g/mol. The first kappa shape index (κ1) is 20.7. The number of hydrogen-bond donors (Lipinski definition) is 1. The Morgan fingerprint density at radius 2 is 2.00 bits per heavy atom. The predicted molar refractivity (Wildman–Crippen MR) is 109 cm³/mol. The van der Waals surface area contributed by atoms with Gasteiger partial charge in [0.05, 0.1) is 19.8 Å². The lowest BCUT2D eigenvalue weighted by Gasteiger charge is -2.39. The molecule has 1 aromatic rings. The van der Waals surface area contributed by atoms with Crippen LogP contribution in [0.15, 0.2) is 24.3 Å². The maximum absolute atomic E-state index is 13.1. The molecular weight excluding hydrogens is 386 g/mol. The van der Waals surface area contributed by atoms with Crippen LogP contribution in [0.1, 0.15) is 44.6 Å². The Bertz CT molecular complexity index is 821. The molecule has 30 heavy (non-hydrogen) atoms. The van der Waals surface area contributed by atoms with Crippen LogP contribution in [0.5, 0.6) is 5.75 Å². The molecule has 0 aromatic heterocycles. The number of fused-ring (bicyclic) bond motifs is 1. The number of para-hydroxylation sites is 1. The third kappa shape index (κ3) is 4.14. The molecule has 1 N–H and O–H groups in total. The van der Waals surface area contributed by atoms with E-state index in [1.807, 2.05) is 36.1 Å². The number of imide groups is 1. The van der Waals surface area contributed by atoms with Gasteiger partial charge in [-0.2, -0.15) is 0 Å². The van der Waals surface area contributed by atoms with Crippen LogP contribution >= 0.6 is 0 Å². The van der Waals surface area contributed by atoms with E-state index in [2.05, 4.69) is 5.32 Å². The van der Waals surface area contributed by atoms with Gasteiger partial charge in [-0.1, -0.05) is 25.1 Å².